The number of rotatable bonds is 6. The normalized spacial score (nSPS) is 20.2. The average Bonchev–Trinajstić information content (AvgIpc) is 2.29. The first-order valence-corrected chi connectivity index (χ1v) is 5.21. The maximum atomic E-state index is 5.60. The van der Waals surface area contributed by atoms with E-state index in [1.807, 2.05) is 18.2 Å². The van der Waals surface area contributed by atoms with Crippen molar-refractivity contribution in [2.75, 3.05) is 0 Å². The van der Waals surface area contributed by atoms with Crippen LogP contribution in [0.25, 0.3) is 0 Å². The first-order valence-electron chi connectivity index (χ1n) is 5.21. The van der Waals surface area contributed by atoms with E-state index < -0.39 is 0 Å². The Morgan fingerprint density at radius 2 is 2.25 bits per heavy atom. The Balaban J connectivity index is 0.00000225. The topological polar surface area (TPSA) is 18.5 Å². The third-order valence-electron chi connectivity index (χ3n) is 1.96. The van der Waals surface area contributed by atoms with E-state index in [0.717, 1.165) is 12.8 Å². The van der Waals surface area contributed by atoms with Crippen LogP contribution in [-0.4, -0.2) is 12.4 Å². The molecule has 0 fully saturated rings. The summed E-state index contributed by atoms with van der Waals surface area (Å²) in [4.78, 5) is 0. The molecule has 0 radical (unpaired) electrons. The van der Waals surface area contributed by atoms with Crippen molar-refractivity contribution in [2.24, 2.45) is 0 Å². The molecule has 3 heteroatoms. The predicted octanol–water partition coefficient (Wildman–Crippen LogP) is 0.147. The standard InChI is InChI=1S/C13H17O2.Li/c1-3-5-6-9-12(4-2)15-13-10-7-8-11-14-13;/h2,4-8,10-13H,3,9H2,1H3;/q-1;+1. The second-order valence-electron chi connectivity index (χ2n) is 3.20. The molecule has 0 aromatic heterocycles. The Morgan fingerprint density at radius 3 is 2.81 bits per heavy atom. The molecule has 0 saturated heterocycles. The van der Waals surface area contributed by atoms with Crippen molar-refractivity contribution in [1.82, 2.24) is 0 Å². The van der Waals surface area contributed by atoms with Gasteiger partial charge in [-0.05, 0) is 25.0 Å². The molecule has 2 unspecified atom stereocenters. The molecule has 0 saturated carbocycles. The minimum atomic E-state index is -0.324. The molecule has 1 heterocycles. The summed E-state index contributed by atoms with van der Waals surface area (Å²) in [6, 6.07) is 0. The van der Waals surface area contributed by atoms with Crippen molar-refractivity contribution in [3.63, 3.8) is 0 Å². The minimum Gasteiger partial charge on any atom is -0.515 e. The Labute approximate surface area is 110 Å². The third kappa shape index (κ3) is 6.02. The molecule has 82 valence electrons. The molecule has 1 aliphatic heterocycles. The van der Waals surface area contributed by atoms with Gasteiger partial charge < -0.3 is 16.1 Å². The summed E-state index contributed by atoms with van der Waals surface area (Å²) in [6.45, 7) is 7.58. The van der Waals surface area contributed by atoms with Crippen LogP contribution in [0.4, 0.5) is 0 Å². The number of allylic oxidation sites excluding steroid dienone is 3. The zero-order valence-corrected chi connectivity index (χ0v) is 10.0. The number of hydrogen-bond acceptors (Lipinski definition) is 2. The van der Waals surface area contributed by atoms with Gasteiger partial charge in [-0.15, -0.1) is 0 Å². The van der Waals surface area contributed by atoms with E-state index in [1.54, 1.807) is 12.3 Å². The molecule has 0 bridgehead atoms. The zero-order chi connectivity index (χ0) is 10.9. The van der Waals surface area contributed by atoms with Gasteiger partial charge in [-0.2, -0.15) is 0 Å². The fraction of sp³-hybridized carbons (Fsp3) is 0.385. The second-order valence-corrected chi connectivity index (χ2v) is 3.20. The van der Waals surface area contributed by atoms with Crippen LogP contribution in [0.15, 0.2) is 42.7 Å². The molecule has 0 aromatic rings. The summed E-state index contributed by atoms with van der Waals surface area (Å²) >= 11 is 0. The van der Waals surface area contributed by atoms with Crippen LogP contribution in [0.5, 0.6) is 0 Å². The number of ether oxygens (including phenoxy) is 2. The second kappa shape index (κ2) is 9.54. The van der Waals surface area contributed by atoms with Crippen molar-refractivity contribution in [2.45, 2.75) is 32.2 Å². The average molecular weight is 212 g/mol. The predicted molar refractivity (Wildman–Crippen MR) is 60.9 cm³/mol. The molecule has 2 atom stereocenters. The quantitative estimate of drug-likeness (QED) is 0.354. The molecule has 0 spiro atoms. The van der Waals surface area contributed by atoms with Gasteiger partial charge in [0.2, 0.25) is 6.29 Å². The molecule has 0 amide bonds. The van der Waals surface area contributed by atoms with Gasteiger partial charge in [0, 0.05) is 0 Å². The summed E-state index contributed by atoms with van der Waals surface area (Å²) in [7, 11) is 0. The van der Waals surface area contributed by atoms with Gasteiger partial charge in [0.05, 0.1) is 12.4 Å². The van der Waals surface area contributed by atoms with Crippen LogP contribution in [0.1, 0.15) is 19.8 Å². The molecular weight excluding hydrogens is 195 g/mol. The first kappa shape index (κ1) is 15.3. The monoisotopic (exact) mass is 212 g/mol. The van der Waals surface area contributed by atoms with E-state index in [1.165, 1.54) is 0 Å². The van der Waals surface area contributed by atoms with Gasteiger partial charge in [-0.3, -0.25) is 0 Å². The maximum absolute atomic E-state index is 5.60. The van der Waals surface area contributed by atoms with E-state index >= 15 is 0 Å². The van der Waals surface area contributed by atoms with Crippen LogP contribution >= 0.6 is 0 Å². The fourth-order valence-electron chi connectivity index (χ4n) is 1.19. The Kier molecular flexibility index (Phi) is 9.13. The Hall–Kier alpha value is -0.683. The van der Waals surface area contributed by atoms with Crippen molar-refractivity contribution in [1.29, 1.82) is 0 Å². The van der Waals surface area contributed by atoms with Gasteiger partial charge in [0.1, 0.15) is 0 Å². The van der Waals surface area contributed by atoms with Gasteiger partial charge >= 0.3 is 18.9 Å². The van der Waals surface area contributed by atoms with Gasteiger partial charge in [0.25, 0.3) is 0 Å². The van der Waals surface area contributed by atoms with Crippen LogP contribution in [0.2, 0.25) is 0 Å². The van der Waals surface area contributed by atoms with E-state index in [9.17, 15) is 0 Å². The Bertz CT molecular complexity index is 269. The maximum Gasteiger partial charge on any atom is 1.00 e. The SMILES string of the molecule is [CH-]=CC(CC=CCC)OC1C=CC=CO1.[Li+]. The van der Waals surface area contributed by atoms with Crippen LogP contribution < -0.4 is 18.9 Å². The van der Waals surface area contributed by atoms with Gasteiger partial charge in [-0.25, -0.2) is 6.08 Å². The molecule has 0 aliphatic carbocycles. The van der Waals surface area contributed by atoms with E-state index in [2.05, 4.69) is 19.1 Å². The Morgan fingerprint density at radius 1 is 1.44 bits per heavy atom. The molecule has 1 aliphatic rings. The van der Waals surface area contributed by atoms with Crippen LogP contribution in [0, 0.1) is 6.58 Å². The first-order chi connectivity index (χ1) is 7.36. The summed E-state index contributed by atoms with van der Waals surface area (Å²) in [5.41, 5.74) is 0. The molecular formula is C13H17LiO2. The molecule has 0 N–H and O–H groups in total. The molecule has 0 aromatic carbocycles. The fourth-order valence-corrected chi connectivity index (χ4v) is 1.19. The molecule has 1 rings (SSSR count). The van der Waals surface area contributed by atoms with E-state index in [4.69, 9.17) is 16.1 Å². The van der Waals surface area contributed by atoms with Gasteiger partial charge in [0.15, 0.2) is 0 Å². The summed E-state index contributed by atoms with van der Waals surface area (Å²) in [6.07, 6.45) is 14.3. The van der Waals surface area contributed by atoms with Crippen molar-refractivity contribution in [3.8, 4) is 0 Å². The summed E-state index contributed by atoms with van der Waals surface area (Å²) in [5, 5.41) is 0. The van der Waals surface area contributed by atoms with Crippen LogP contribution in [-0.2, 0) is 9.47 Å². The number of hydrogen-bond donors (Lipinski definition) is 0. The van der Waals surface area contributed by atoms with E-state index in [0.29, 0.717) is 0 Å². The molecule has 2 nitrogen and oxygen atoms in total. The summed E-state index contributed by atoms with van der Waals surface area (Å²) in [5.74, 6) is 0. The van der Waals surface area contributed by atoms with Gasteiger partial charge in [-0.1, -0.05) is 25.2 Å². The molecule has 16 heavy (non-hydrogen) atoms. The summed E-state index contributed by atoms with van der Waals surface area (Å²) < 4.78 is 10.8. The van der Waals surface area contributed by atoms with Crippen LogP contribution in [0.3, 0.4) is 0 Å². The third-order valence-corrected chi connectivity index (χ3v) is 1.96. The largest absolute Gasteiger partial charge is 1.00 e. The van der Waals surface area contributed by atoms with Crippen molar-refractivity contribution in [3.05, 3.63) is 49.3 Å². The zero-order valence-electron chi connectivity index (χ0n) is 10.0. The van der Waals surface area contributed by atoms with E-state index in [-0.39, 0.29) is 31.3 Å². The smallest absolute Gasteiger partial charge is 0.515 e. The van der Waals surface area contributed by atoms with Crippen molar-refractivity contribution < 1.29 is 28.3 Å². The minimum absolute atomic E-state index is 0. The van der Waals surface area contributed by atoms with Crippen molar-refractivity contribution >= 4 is 0 Å².